The fraction of sp³-hybridized carbons (Fsp3) is 0.538. The molecule has 0 aliphatic heterocycles. The van der Waals surface area contributed by atoms with Crippen molar-refractivity contribution in [3.63, 3.8) is 0 Å². The highest BCUT2D eigenvalue weighted by atomic mass is 16.5. The van der Waals surface area contributed by atoms with Gasteiger partial charge in [0.2, 0.25) is 0 Å². The fourth-order valence-corrected chi connectivity index (χ4v) is 4.26. The molecule has 1 heterocycles. The van der Waals surface area contributed by atoms with Crippen molar-refractivity contribution in [1.29, 1.82) is 0 Å². The normalized spacial score (nSPS) is 18.7. The summed E-state index contributed by atoms with van der Waals surface area (Å²) < 4.78 is 11.0. The van der Waals surface area contributed by atoms with Gasteiger partial charge in [-0.3, -0.25) is 4.98 Å². The number of ether oxygens (including phenoxy) is 2. The third kappa shape index (κ3) is 6.86. The van der Waals surface area contributed by atoms with Crippen LogP contribution in [0.3, 0.4) is 0 Å². The molecule has 0 unspecified atom stereocenters. The van der Waals surface area contributed by atoms with Gasteiger partial charge >= 0.3 is 5.97 Å². The van der Waals surface area contributed by atoms with Crippen LogP contribution in [0, 0.1) is 11.8 Å². The van der Waals surface area contributed by atoms with Crippen LogP contribution in [0.5, 0.6) is 11.5 Å². The maximum Gasteiger partial charge on any atom is 0.343 e. The molecular weight excluding hydrogens is 374 g/mol. The summed E-state index contributed by atoms with van der Waals surface area (Å²) >= 11 is 0. The quantitative estimate of drug-likeness (QED) is 0.413. The molecule has 0 N–H and O–H groups in total. The zero-order chi connectivity index (χ0) is 21.2. The van der Waals surface area contributed by atoms with E-state index in [9.17, 15) is 4.79 Å². The molecule has 0 radical (unpaired) electrons. The summed E-state index contributed by atoms with van der Waals surface area (Å²) in [5.41, 5.74) is 1.57. The molecule has 30 heavy (non-hydrogen) atoms. The van der Waals surface area contributed by atoms with E-state index in [1.807, 2.05) is 12.1 Å². The van der Waals surface area contributed by atoms with Crippen molar-refractivity contribution in [3.8, 4) is 11.5 Å². The predicted octanol–water partition coefficient (Wildman–Crippen LogP) is 6.63. The average Bonchev–Trinajstić information content (AvgIpc) is 2.79. The summed E-state index contributed by atoms with van der Waals surface area (Å²) in [7, 11) is 0. The van der Waals surface area contributed by atoms with Gasteiger partial charge in [0.15, 0.2) is 0 Å². The van der Waals surface area contributed by atoms with Gasteiger partial charge in [-0.05, 0) is 67.5 Å². The van der Waals surface area contributed by atoms with E-state index in [0.29, 0.717) is 17.9 Å². The van der Waals surface area contributed by atoms with Crippen molar-refractivity contribution in [3.05, 3.63) is 53.9 Å². The number of pyridine rings is 1. The van der Waals surface area contributed by atoms with Gasteiger partial charge in [0.25, 0.3) is 0 Å². The molecule has 4 heteroatoms. The molecule has 162 valence electrons. The summed E-state index contributed by atoms with van der Waals surface area (Å²) in [6.07, 6.45) is 13.0. The average molecular weight is 410 g/mol. The van der Waals surface area contributed by atoms with Gasteiger partial charge in [0, 0.05) is 5.69 Å². The number of benzene rings is 1. The Morgan fingerprint density at radius 1 is 0.900 bits per heavy atom. The topological polar surface area (TPSA) is 48.4 Å². The van der Waals surface area contributed by atoms with E-state index < -0.39 is 0 Å². The lowest BCUT2D eigenvalue weighted by Crippen LogP contribution is -2.15. The summed E-state index contributed by atoms with van der Waals surface area (Å²) in [6, 6.07) is 10.9. The Kier molecular flexibility index (Phi) is 8.73. The molecule has 4 nitrogen and oxygen atoms in total. The summed E-state index contributed by atoms with van der Waals surface area (Å²) in [4.78, 5) is 16.8. The fourth-order valence-electron chi connectivity index (χ4n) is 4.26. The third-order valence-corrected chi connectivity index (χ3v) is 6.04. The maximum atomic E-state index is 12.3. The van der Waals surface area contributed by atoms with Gasteiger partial charge in [0.1, 0.15) is 11.5 Å². The molecule has 1 aromatic heterocycles. The minimum atomic E-state index is -0.379. The number of esters is 1. The number of nitrogens with zero attached hydrogens (tertiary/aromatic N) is 1. The second-order valence-electron chi connectivity index (χ2n) is 8.46. The lowest BCUT2D eigenvalue weighted by atomic mass is 9.78. The SMILES string of the molecule is CCCOc1ccc(C(=O)Oc2ccc(CCC3CCC(CCC)CC3)nc2)cc1. The van der Waals surface area contributed by atoms with Crippen LogP contribution in [0.4, 0.5) is 0 Å². The van der Waals surface area contributed by atoms with Gasteiger partial charge in [0.05, 0.1) is 18.4 Å². The molecule has 1 aromatic carbocycles. The molecular formula is C26H35NO3. The smallest absolute Gasteiger partial charge is 0.343 e. The summed E-state index contributed by atoms with van der Waals surface area (Å²) in [5.74, 6) is 2.66. The van der Waals surface area contributed by atoms with Crippen LogP contribution in [-0.2, 0) is 6.42 Å². The first kappa shape index (κ1) is 22.3. The molecule has 0 amide bonds. The second kappa shape index (κ2) is 11.7. The van der Waals surface area contributed by atoms with Crippen LogP contribution < -0.4 is 9.47 Å². The summed E-state index contributed by atoms with van der Waals surface area (Å²) in [6.45, 7) is 5.02. The van der Waals surface area contributed by atoms with Crippen molar-refractivity contribution < 1.29 is 14.3 Å². The van der Waals surface area contributed by atoms with Crippen molar-refractivity contribution in [2.45, 2.75) is 71.6 Å². The van der Waals surface area contributed by atoms with Crippen LogP contribution in [0.1, 0.15) is 81.3 Å². The Hall–Kier alpha value is -2.36. The molecule has 2 aromatic rings. The number of carbonyl (C=O) groups is 1. The van der Waals surface area contributed by atoms with E-state index in [-0.39, 0.29) is 5.97 Å². The molecule has 1 saturated carbocycles. The third-order valence-electron chi connectivity index (χ3n) is 6.04. The van der Waals surface area contributed by atoms with Crippen molar-refractivity contribution in [2.75, 3.05) is 6.61 Å². The Labute approximate surface area is 181 Å². The lowest BCUT2D eigenvalue weighted by Gasteiger charge is -2.28. The molecule has 1 aliphatic rings. The molecule has 0 spiro atoms. The van der Waals surface area contributed by atoms with E-state index in [0.717, 1.165) is 36.1 Å². The van der Waals surface area contributed by atoms with Crippen molar-refractivity contribution >= 4 is 5.97 Å². The van der Waals surface area contributed by atoms with Crippen molar-refractivity contribution in [2.24, 2.45) is 11.8 Å². The molecule has 3 rings (SSSR count). The van der Waals surface area contributed by atoms with Crippen LogP contribution in [0.15, 0.2) is 42.6 Å². The number of hydrogen-bond donors (Lipinski definition) is 0. The lowest BCUT2D eigenvalue weighted by molar-refractivity contribution is 0.0734. The van der Waals surface area contributed by atoms with Gasteiger partial charge in [-0.2, -0.15) is 0 Å². The minimum absolute atomic E-state index is 0.379. The molecule has 0 bridgehead atoms. The maximum absolute atomic E-state index is 12.3. The standard InChI is InChI=1S/C26H35NO3/c1-3-5-20-6-8-21(9-7-20)10-13-23-14-17-25(19-27-23)30-26(28)22-11-15-24(16-12-22)29-18-4-2/h11-12,14-17,19-21H,3-10,13,18H2,1-2H3. The largest absolute Gasteiger partial charge is 0.494 e. The van der Waals surface area contributed by atoms with Gasteiger partial charge in [-0.1, -0.05) is 52.4 Å². The predicted molar refractivity (Wildman–Crippen MR) is 120 cm³/mol. The van der Waals surface area contributed by atoms with Crippen LogP contribution in [0.25, 0.3) is 0 Å². The first-order chi connectivity index (χ1) is 14.7. The minimum Gasteiger partial charge on any atom is -0.494 e. The van der Waals surface area contributed by atoms with E-state index in [1.54, 1.807) is 30.5 Å². The number of aryl methyl sites for hydroxylation is 1. The first-order valence-electron chi connectivity index (χ1n) is 11.6. The second-order valence-corrected chi connectivity index (χ2v) is 8.46. The highest BCUT2D eigenvalue weighted by molar-refractivity contribution is 5.91. The number of rotatable bonds is 10. The van der Waals surface area contributed by atoms with Crippen LogP contribution in [0.2, 0.25) is 0 Å². The Morgan fingerprint density at radius 3 is 2.17 bits per heavy atom. The van der Waals surface area contributed by atoms with Gasteiger partial charge < -0.3 is 9.47 Å². The van der Waals surface area contributed by atoms with Crippen LogP contribution >= 0.6 is 0 Å². The Morgan fingerprint density at radius 2 is 1.57 bits per heavy atom. The zero-order valence-electron chi connectivity index (χ0n) is 18.4. The molecule has 1 fully saturated rings. The molecule has 0 atom stereocenters. The van der Waals surface area contributed by atoms with Gasteiger partial charge in [-0.15, -0.1) is 0 Å². The number of carbonyl (C=O) groups excluding carboxylic acids is 1. The van der Waals surface area contributed by atoms with E-state index in [1.165, 1.54) is 44.9 Å². The van der Waals surface area contributed by atoms with E-state index in [4.69, 9.17) is 9.47 Å². The monoisotopic (exact) mass is 409 g/mol. The Bertz CT molecular complexity index is 762. The zero-order valence-corrected chi connectivity index (χ0v) is 18.4. The van der Waals surface area contributed by atoms with Crippen molar-refractivity contribution in [1.82, 2.24) is 4.98 Å². The van der Waals surface area contributed by atoms with E-state index >= 15 is 0 Å². The van der Waals surface area contributed by atoms with Gasteiger partial charge in [-0.25, -0.2) is 4.79 Å². The first-order valence-corrected chi connectivity index (χ1v) is 11.6. The molecule has 0 saturated heterocycles. The number of hydrogen-bond acceptors (Lipinski definition) is 4. The highest BCUT2D eigenvalue weighted by Gasteiger charge is 2.20. The van der Waals surface area contributed by atoms with Crippen LogP contribution in [-0.4, -0.2) is 17.6 Å². The Balaban J connectivity index is 1.43. The summed E-state index contributed by atoms with van der Waals surface area (Å²) in [5, 5.41) is 0. The highest BCUT2D eigenvalue weighted by Crippen LogP contribution is 2.33. The number of aromatic nitrogens is 1. The molecule has 1 aliphatic carbocycles. The van der Waals surface area contributed by atoms with E-state index in [2.05, 4.69) is 18.8 Å².